The topological polar surface area (TPSA) is 73.1 Å². The van der Waals surface area contributed by atoms with Crippen LogP contribution in [0.4, 0.5) is 0 Å². The van der Waals surface area contributed by atoms with Crippen molar-refractivity contribution < 1.29 is 8.42 Å². The maximum Gasteiger partial charge on any atom is 0.328 e. The summed E-state index contributed by atoms with van der Waals surface area (Å²) in [6.07, 6.45) is 7.53. The molecule has 0 aliphatic heterocycles. The Morgan fingerprint density at radius 1 is 0.958 bits per heavy atom. The number of fused-ring (bicyclic) bond motifs is 1. The van der Waals surface area contributed by atoms with E-state index in [-0.39, 0.29) is 16.6 Å². The Labute approximate surface area is 142 Å². The van der Waals surface area contributed by atoms with Gasteiger partial charge in [0.1, 0.15) is 0 Å². The largest absolute Gasteiger partial charge is 0.328 e. The van der Waals surface area contributed by atoms with Gasteiger partial charge < -0.3 is 0 Å². The first-order valence-electron chi connectivity index (χ1n) is 8.58. The molecule has 0 atom stereocenters. The first-order chi connectivity index (χ1) is 11.4. The number of imidazole rings is 1. The van der Waals surface area contributed by atoms with Crippen molar-refractivity contribution >= 4 is 21.1 Å². The van der Waals surface area contributed by atoms with Crippen molar-refractivity contribution in [3.05, 3.63) is 28.7 Å². The zero-order valence-electron chi connectivity index (χ0n) is 14.3. The fourth-order valence-corrected chi connectivity index (χ4v) is 4.84. The molecule has 0 amide bonds. The molecule has 1 aromatic carbocycles. The summed E-state index contributed by atoms with van der Waals surface area (Å²) in [6, 6.07) is 4.86. The molecule has 2 aromatic rings. The summed E-state index contributed by atoms with van der Waals surface area (Å²) in [5, 5.41) is 0. The van der Waals surface area contributed by atoms with Crippen molar-refractivity contribution in [1.82, 2.24) is 13.9 Å². The van der Waals surface area contributed by atoms with Crippen LogP contribution < -0.4 is 10.4 Å². The number of benzene rings is 1. The average molecular weight is 351 g/mol. The smallest absolute Gasteiger partial charge is 0.295 e. The zero-order valence-corrected chi connectivity index (χ0v) is 15.1. The van der Waals surface area contributed by atoms with E-state index in [1.165, 1.54) is 28.4 Å². The Morgan fingerprint density at radius 3 is 2.21 bits per heavy atom. The molecule has 1 aliphatic carbocycles. The molecule has 0 radical (unpaired) electrons. The van der Waals surface area contributed by atoms with Crippen LogP contribution in [0.25, 0.3) is 11.0 Å². The lowest BCUT2D eigenvalue weighted by atomic mass is 9.97. The Kier molecular flexibility index (Phi) is 4.83. The molecule has 24 heavy (non-hydrogen) atoms. The van der Waals surface area contributed by atoms with Crippen LogP contribution in [-0.4, -0.2) is 23.6 Å². The molecular weight excluding hydrogens is 326 g/mol. The minimum atomic E-state index is -3.57. The molecule has 0 unspecified atom stereocenters. The predicted molar refractivity (Wildman–Crippen MR) is 94.6 cm³/mol. The molecule has 0 spiro atoms. The number of hydrogen-bond acceptors (Lipinski definition) is 3. The highest BCUT2D eigenvalue weighted by Crippen LogP contribution is 2.21. The summed E-state index contributed by atoms with van der Waals surface area (Å²) < 4.78 is 31.3. The standard InChI is InChI=1S/C17H25N3O3S/c1-19-15-11-10-14(12-16(15)20(2)17(19)21)24(22,23)18-13-8-6-4-3-5-7-9-13/h10-13,18H,3-9H2,1-2H3. The lowest BCUT2D eigenvalue weighted by Crippen LogP contribution is -2.35. The highest BCUT2D eigenvalue weighted by molar-refractivity contribution is 7.89. The van der Waals surface area contributed by atoms with E-state index < -0.39 is 10.0 Å². The number of rotatable bonds is 3. The van der Waals surface area contributed by atoms with Gasteiger partial charge in [-0.05, 0) is 31.0 Å². The van der Waals surface area contributed by atoms with Gasteiger partial charge in [0.15, 0.2) is 0 Å². The number of aromatic nitrogens is 2. The van der Waals surface area contributed by atoms with Crippen molar-refractivity contribution in [1.29, 1.82) is 0 Å². The van der Waals surface area contributed by atoms with Crippen LogP contribution >= 0.6 is 0 Å². The molecule has 6 nitrogen and oxygen atoms in total. The van der Waals surface area contributed by atoms with Gasteiger partial charge in [0, 0.05) is 20.1 Å². The summed E-state index contributed by atoms with van der Waals surface area (Å²) in [5.41, 5.74) is 1.20. The molecule has 3 rings (SSSR count). The summed E-state index contributed by atoms with van der Waals surface area (Å²) >= 11 is 0. The molecule has 0 bridgehead atoms. The minimum absolute atomic E-state index is 0.00518. The van der Waals surface area contributed by atoms with Crippen molar-refractivity contribution in [2.75, 3.05) is 0 Å². The van der Waals surface area contributed by atoms with E-state index in [2.05, 4.69) is 4.72 Å². The first kappa shape index (κ1) is 17.2. The third kappa shape index (κ3) is 3.28. The summed E-state index contributed by atoms with van der Waals surface area (Å²) in [6.45, 7) is 0. The van der Waals surface area contributed by atoms with E-state index in [1.807, 2.05) is 0 Å². The second kappa shape index (κ2) is 6.72. The second-order valence-corrected chi connectivity index (χ2v) is 8.43. The predicted octanol–water partition coefficient (Wildman–Crippen LogP) is 2.27. The number of aryl methyl sites for hydroxylation is 2. The number of nitrogens with one attached hydrogen (secondary N) is 1. The van der Waals surface area contributed by atoms with E-state index in [0.717, 1.165) is 31.2 Å². The summed E-state index contributed by atoms with van der Waals surface area (Å²) in [7, 11) is -0.232. The molecule has 1 fully saturated rings. The third-order valence-corrected chi connectivity index (χ3v) is 6.50. The Hall–Kier alpha value is -1.60. The highest BCUT2D eigenvalue weighted by Gasteiger charge is 2.22. The number of sulfonamides is 1. The van der Waals surface area contributed by atoms with Gasteiger partial charge in [0.2, 0.25) is 10.0 Å². The van der Waals surface area contributed by atoms with Crippen molar-refractivity contribution in [2.45, 2.75) is 55.9 Å². The van der Waals surface area contributed by atoms with Gasteiger partial charge in [0.05, 0.1) is 15.9 Å². The van der Waals surface area contributed by atoms with E-state index >= 15 is 0 Å². The Morgan fingerprint density at radius 2 is 1.54 bits per heavy atom. The van der Waals surface area contributed by atoms with E-state index in [9.17, 15) is 13.2 Å². The van der Waals surface area contributed by atoms with Crippen molar-refractivity contribution in [2.24, 2.45) is 14.1 Å². The van der Waals surface area contributed by atoms with Gasteiger partial charge in [0.25, 0.3) is 0 Å². The van der Waals surface area contributed by atoms with E-state index in [4.69, 9.17) is 0 Å². The quantitative estimate of drug-likeness (QED) is 0.922. The van der Waals surface area contributed by atoms with E-state index in [0.29, 0.717) is 5.52 Å². The van der Waals surface area contributed by atoms with Crippen LogP contribution in [0.15, 0.2) is 27.9 Å². The first-order valence-corrected chi connectivity index (χ1v) is 10.1. The molecule has 7 heteroatoms. The van der Waals surface area contributed by atoms with Crippen molar-refractivity contribution in [3.8, 4) is 0 Å². The summed E-state index contributed by atoms with van der Waals surface area (Å²) in [5.74, 6) is 0. The van der Waals surface area contributed by atoms with Gasteiger partial charge in [-0.1, -0.05) is 32.1 Å². The Bertz CT molecular complexity index is 888. The molecule has 1 N–H and O–H groups in total. The van der Waals surface area contributed by atoms with Crippen LogP contribution in [0, 0.1) is 0 Å². The molecule has 1 saturated carbocycles. The molecule has 0 saturated heterocycles. The number of hydrogen-bond donors (Lipinski definition) is 1. The van der Waals surface area contributed by atoms with Crippen LogP contribution in [0.3, 0.4) is 0 Å². The SMILES string of the molecule is Cn1c(=O)n(C)c2cc(S(=O)(=O)NC3CCCCCCC3)ccc21. The second-order valence-electron chi connectivity index (χ2n) is 6.71. The normalized spacial score (nSPS) is 17.8. The van der Waals surface area contributed by atoms with Gasteiger partial charge in [-0.15, -0.1) is 0 Å². The molecular formula is C17H25N3O3S. The zero-order chi connectivity index (χ0) is 17.3. The van der Waals surface area contributed by atoms with Gasteiger partial charge in [-0.2, -0.15) is 0 Å². The average Bonchev–Trinajstić information content (AvgIpc) is 2.74. The van der Waals surface area contributed by atoms with Crippen LogP contribution in [-0.2, 0) is 24.1 Å². The molecule has 1 aliphatic rings. The van der Waals surface area contributed by atoms with Gasteiger partial charge >= 0.3 is 5.69 Å². The molecule has 1 aromatic heterocycles. The third-order valence-electron chi connectivity index (χ3n) is 4.98. The lowest BCUT2D eigenvalue weighted by Gasteiger charge is -2.21. The van der Waals surface area contributed by atoms with E-state index in [1.54, 1.807) is 32.3 Å². The van der Waals surface area contributed by atoms with Crippen LogP contribution in [0.2, 0.25) is 0 Å². The van der Waals surface area contributed by atoms with Crippen LogP contribution in [0.5, 0.6) is 0 Å². The monoisotopic (exact) mass is 351 g/mol. The number of nitrogens with zero attached hydrogens (tertiary/aromatic N) is 2. The fraction of sp³-hybridized carbons (Fsp3) is 0.588. The Balaban J connectivity index is 1.90. The van der Waals surface area contributed by atoms with Gasteiger partial charge in [-0.3, -0.25) is 9.13 Å². The maximum atomic E-state index is 12.7. The maximum absolute atomic E-state index is 12.7. The van der Waals surface area contributed by atoms with Crippen LogP contribution in [0.1, 0.15) is 44.9 Å². The molecule has 1 heterocycles. The lowest BCUT2D eigenvalue weighted by molar-refractivity contribution is 0.426. The molecule has 132 valence electrons. The minimum Gasteiger partial charge on any atom is -0.295 e. The van der Waals surface area contributed by atoms with Crippen molar-refractivity contribution in [3.63, 3.8) is 0 Å². The fourth-order valence-electron chi connectivity index (χ4n) is 3.52. The summed E-state index contributed by atoms with van der Waals surface area (Å²) in [4.78, 5) is 12.2. The highest BCUT2D eigenvalue weighted by atomic mass is 32.2. The van der Waals surface area contributed by atoms with Gasteiger partial charge in [-0.25, -0.2) is 17.9 Å².